The van der Waals surface area contributed by atoms with E-state index in [-0.39, 0.29) is 23.3 Å². The zero-order valence-electron chi connectivity index (χ0n) is 9.58. The molecule has 2 atom stereocenters. The normalized spacial score (nSPS) is 25.6. The van der Waals surface area contributed by atoms with Crippen molar-refractivity contribution in [1.29, 1.82) is 0 Å². The van der Waals surface area contributed by atoms with Crippen molar-refractivity contribution >= 4 is 5.91 Å². The van der Waals surface area contributed by atoms with Gasteiger partial charge in [0, 0.05) is 19.5 Å². The molecule has 1 aliphatic carbocycles. The van der Waals surface area contributed by atoms with Crippen LogP contribution in [-0.2, 0) is 4.79 Å². The number of hydrogen-bond donors (Lipinski definition) is 1. The van der Waals surface area contributed by atoms with Gasteiger partial charge in [-0.25, -0.2) is 0 Å². The molecule has 1 N–H and O–H groups in total. The number of aliphatic hydroxyl groups excluding tert-OH is 1. The largest absolute Gasteiger partial charge is 0.393 e. The van der Waals surface area contributed by atoms with E-state index in [4.69, 9.17) is 5.11 Å². The molecule has 3 nitrogen and oxygen atoms in total. The molecule has 0 bridgehead atoms. The molecule has 0 aromatic heterocycles. The highest BCUT2D eigenvalue weighted by Gasteiger charge is 2.51. The Bertz CT molecular complexity index is 223. The number of carbonyl (C=O) groups is 1. The van der Waals surface area contributed by atoms with Crippen LogP contribution in [0.1, 0.15) is 33.6 Å². The van der Waals surface area contributed by atoms with E-state index in [1.807, 2.05) is 7.05 Å². The van der Waals surface area contributed by atoms with E-state index in [2.05, 4.69) is 13.8 Å². The van der Waals surface area contributed by atoms with Crippen LogP contribution in [-0.4, -0.2) is 35.6 Å². The Hall–Kier alpha value is -0.570. The molecule has 0 aromatic carbocycles. The van der Waals surface area contributed by atoms with Crippen LogP contribution in [0.5, 0.6) is 0 Å². The smallest absolute Gasteiger partial charge is 0.225 e. The topological polar surface area (TPSA) is 40.5 Å². The third-order valence-electron chi connectivity index (χ3n) is 3.07. The van der Waals surface area contributed by atoms with Gasteiger partial charge in [0.05, 0.1) is 6.10 Å². The molecule has 0 aliphatic heterocycles. The second-order valence-electron chi connectivity index (χ2n) is 5.14. The second-order valence-corrected chi connectivity index (χ2v) is 5.14. The van der Waals surface area contributed by atoms with Crippen molar-refractivity contribution in [3.63, 3.8) is 0 Å². The molecule has 3 heteroatoms. The number of carbonyl (C=O) groups excluding carboxylic acids is 1. The Balaban J connectivity index is 2.31. The molecule has 0 spiro atoms. The fourth-order valence-corrected chi connectivity index (χ4v) is 1.65. The molecular formula is C11H21NO2. The van der Waals surface area contributed by atoms with Crippen molar-refractivity contribution in [3.05, 3.63) is 0 Å². The summed E-state index contributed by atoms with van der Waals surface area (Å²) in [5.41, 5.74) is 0.205. The molecule has 1 aliphatic rings. The molecule has 0 saturated heterocycles. The van der Waals surface area contributed by atoms with Crippen LogP contribution in [0.3, 0.4) is 0 Å². The highest BCUT2D eigenvalue weighted by molar-refractivity contribution is 5.82. The van der Waals surface area contributed by atoms with Crippen molar-refractivity contribution in [1.82, 2.24) is 4.90 Å². The van der Waals surface area contributed by atoms with Gasteiger partial charge in [0.15, 0.2) is 0 Å². The molecule has 82 valence electrons. The van der Waals surface area contributed by atoms with Gasteiger partial charge in [0.1, 0.15) is 0 Å². The second kappa shape index (κ2) is 3.89. The summed E-state index contributed by atoms with van der Waals surface area (Å²) in [6, 6.07) is 0. The Labute approximate surface area is 86.1 Å². The third kappa shape index (κ3) is 2.71. The SMILES string of the molecule is CC(O)CCN(C)C(=O)C1CC1(C)C. The van der Waals surface area contributed by atoms with E-state index in [1.54, 1.807) is 11.8 Å². The van der Waals surface area contributed by atoms with E-state index >= 15 is 0 Å². The quantitative estimate of drug-likeness (QED) is 0.740. The first-order valence-electron chi connectivity index (χ1n) is 5.27. The molecule has 1 rings (SSSR count). The van der Waals surface area contributed by atoms with E-state index in [0.29, 0.717) is 13.0 Å². The minimum Gasteiger partial charge on any atom is -0.393 e. The highest BCUT2D eigenvalue weighted by atomic mass is 16.3. The minimum atomic E-state index is -0.322. The van der Waals surface area contributed by atoms with Gasteiger partial charge in [0.25, 0.3) is 0 Å². The first-order chi connectivity index (χ1) is 6.34. The maximum absolute atomic E-state index is 11.8. The summed E-state index contributed by atoms with van der Waals surface area (Å²) in [5.74, 6) is 0.442. The molecule has 14 heavy (non-hydrogen) atoms. The number of nitrogens with zero attached hydrogens (tertiary/aromatic N) is 1. The molecular weight excluding hydrogens is 178 g/mol. The Morgan fingerprint density at radius 1 is 1.64 bits per heavy atom. The Morgan fingerprint density at radius 2 is 2.14 bits per heavy atom. The molecule has 1 amide bonds. The lowest BCUT2D eigenvalue weighted by molar-refractivity contribution is -0.132. The van der Waals surface area contributed by atoms with Crippen LogP contribution in [0.2, 0.25) is 0 Å². The molecule has 0 aromatic rings. The van der Waals surface area contributed by atoms with Crippen molar-refractivity contribution in [2.45, 2.75) is 39.7 Å². The lowest BCUT2D eigenvalue weighted by Crippen LogP contribution is -2.31. The summed E-state index contributed by atoms with van der Waals surface area (Å²) in [6.07, 6.45) is 1.35. The van der Waals surface area contributed by atoms with Gasteiger partial charge in [-0.2, -0.15) is 0 Å². The first kappa shape index (κ1) is 11.5. The molecule has 2 unspecified atom stereocenters. The van der Waals surface area contributed by atoms with E-state index in [1.165, 1.54) is 0 Å². The fourth-order valence-electron chi connectivity index (χ4n) is 1.65. The summed E-state index contributed by atoms with van der Waals surface area (Å²) >= 11 is 0. The fraction of sp³-hybridized carbons (Fsp3) is 0.909. The van der Waals surface area contributed by atoms with Crippen LogP contribution in [0.15, 0.2) is 0 Å². The monoisotopic (exact) mass is 199 g/mol. The summed E-state index contributed by atoms with van der Waals surface area (Å²) in [4.78, 5) is 13.5. The van der Waals surface area contributed by atoms with Crippen LogP contribution < -0.4 is 0 Å². The van der Waals surface area contributed by atoms with Gasteiger partial charge in [0.2, 0.25) is 5.91 Å². The van der Waals surface area contributed by atoms with Crippen LogP contribution >= 0.6 is 0 Å². The van der Waals surface area contributed by atoms with Crippen molar-refractivity contribution < 1.29 is 9.90 Å². The van der Waals surface area contributed by atoms with Crippen LogP contribution in [0.4, 0.5) is 0 Å². The third-order valence-corrected chi connectivity index (χ3v) is 3.07. The van der Waals surface area contributed by atoms with Gasteiger partial charge in [-0.15, -0.1) is 0 Å². The van der Waals surface area contributed by atoms with E-state index < -0.39 is 0 Å². The van der Waals surface area contributed by atoms with Gasteiger partial charge < -0.3 is 10.0 Å². The van der Waals surface area contributed by atoms with Gasteiger partial charge in [-0.3, -0.25) is 4.79 Å². The maximum atomic E-state index is 11.8. The standard InChI is InChI=1S/C11H21NO2/c1-8(13)5-6-12(4)10(14)9-7-11(9,2)3/h8-9,13H,5-7H2,1-4H3. The summed E-state index contributed by atoms with van der Waals surface area (Å²) in [6.45, 7) is 6.65. The van der Waals surface area contributed by atoms with Crippen molar-refractivity contribution in [3.8, 4) is 0 Å². The zero-order chi connectivity index (χ0) is 10.9. The predicted octanol–water partition coefficient (Wildman–Crippen LogP) is 1.26. The molecule has 1 fully saturated rings. The van der Waals surface area contributed by atoms with Crippen LogP contribution in [0.25, 0.3) is 0 Å². The average Bonchev–Trinajstić information content (AvgIpc) is 2.69. The number of rotatable bonds is 4. The lowest BCUT2D eigenvalue weighted by atomic mass is 10.1. The van der Waals surface area contributed by atoms with Gasteiger partial charge in [-0.05, 0) is 25.2 Å². The average molecular weight is 199 g/mol. The number of aliphatic hydroxyl groups is 1. The Morgan fingerprint density at radius 3 is 2.50 bits per heavy atom. The predicted molar refractivity (Wildman–Crippen MR) is 55.8 cm³/mol. The maximum Gasteiger partial charge on any atom is 0.225 e. The molecule has 0 heterocycles. The highest BCUT2D eigenvalue weighted by Crippen LogP contribution is 2.52. The van der Waals surface area contributed by atoms with Crippen LogP contribution in [0, 0.1) is 11.3 Å². The molecule has 0 radical (unpaired) electrons. The van der Waals surface area contributed by atoms with Gasteiger partial charge >= 0.3 is 0 Å². The summed E-state index contributed by atoms with van der Waals surface area (Å²) < 4.78 is 0. The number of amides is 1. The summed E-state index contributed by atoms with van der Waals surface area (Å²) in [5, 5.41) is 9.10. The lowest BCUT2D eigenvalue weighted by Gasteiger charge is -2.18. The zero-order valence-corrected chi connectivity index (χ0v) is 9.58. The van der Waals surface area contributed by atoms with Crippen molar-refractivity contribution in [2.75, 3.05) is 13.6 Å². The first-order valence-corrected chi connectivity index (χ1v) is 5.27. The minimum absolute atomic E-state index is 0.205. The summed E-state index contributed by atoms with van der Waals surface area (Å²) in [7, 11) is 1.82. The van der Waals surface area contributed by atoms with Gasteiger partial charge in [-0.1, -0.05) is 13.8 Å². The molecule has 1 saturated carbocycles. The number of hydrogen-bond acceptors (Lipinski definition) is 2. The van der Waals surface area contributed by atoms with E-state index in [9.17, 15) is 4.79 Å². The van der Waals surface area contributed by atoms with E-state index in [0.717, 1.165) is 6.42 Å². The Kier molecular flexibility index (Phi) is 3.20. The van der Waals surface area contributed by atoms with Crippen molar-refractivity contribution in [2.24, 2.45) is 11.3 Å².